The van der Waals surface area contributed by atoms with Gasteiger partial charge in [-0.1, -0.05) is 37.8 Å². The van der Waals surface area contributed by atoms with Crippen LogP contribution in [0.25, 0.3) is 11.1 Å². The predicted molar refractivity (Wildman–Crippen MR) is 81.8 cm³/mol. The van der Waals surface area contributed by atoms with Gasteiger partial charge in [0.25, 0.3) is 0 Å². The van der Waals surface area contributed by atoms with E-state index in [4.69, 9.17) is 4.42 Å². The van der Waals surface area contributed by atoms with E-state index in [-0.39, 0.29) is 0 Å². The van der Waals surface area contributed by atoms with Crippen molar-refractivity contribution in [3.63, 3.8) is 0 Å². The van der Waals surface area contributed by atoms with Crippen LogP contribution < -0.4 is 5.32 Å². The Kier molecular flexibility index (Phi) is 4.36. The fourth-order valence-electron chi connectivity index (χ4n) is 3.41. The fourth-order valence-corrected chi connectivity index (χ4v) is 3.41. The molecule has 0 bridgehead atoms. The molecule has 1 aromatic carbocycles. The Hall–Kier alpha value is -1.35. The first-order chi connectivity index (χ1) is 9.86. The van der Waals surface area contributed by atoms with Crippen molar-refractivity contribution in [2.24, 2.45) is 5.92 Å². The first kappa shape index (κ1) is 13.6. The van der Waals surface area contributed by atoms with Crippen LogP contribution >= 0.6 is 0 Å². The molecule has 0 amide bonds. The van der Waals surface area contributed by atoms with Crippen molar-refractivity contribution in [1.82, 2.24) is 10.3 Å². The monoisotopic (exact) mass is 272 g/mol. The second kappa shape index (κ2) is 6.40. The van der Waals surface area contributed by atoms with Crippen LogP contribution in [0.5, 0.6) is 0 Å². The molecule has 1 saturated carbocycles. The first-order valence-corrected chi connectivity index (χ1v) is 7.88. The van der Waals surface area contributed by atoms with Gasteiger partial charge in [-0.05, 0) is 37.9 Å². The van der Waals surface area contributed by atoms with Crippen molar-refractivity contribution in [2.45, 2.75) is 51.0 Å². The highest BCUT2D eigenvalue weighted by molar-refractivity contribution is 5.72. The van der Waals surface area contributed by atoms with Crippen LogP contribution in [0.1, 0.15) is 44.4 Å². The third-order valence-electron chi connectivity index (χ3n) is 4.57. The van der Waals surface area contributed by atoms with Gasteiger partial charge < -0.3 is 9.73 Å². The van der Waals surface area contributed by atoms with Gasteiger partial charge in [0.15, 0.2) is 11.5 Å². The molecule has 1 aromatic heterocycles. The van der Waals surface area contributed by atoms with Crippen LogP contribution in [-0.4, -0.2) is 18.1 Å². The van der Waals surface area contributed by atoms with Crippen LogP contribution in [0, 0.1) is 5.92 Å². The Morgan fingerprint density at radius 3 is 2.65 bits per heavy atom. The summed E-state index contributed by atoms with van der Waals surface area (Å²) in [7, 11) is 2.07. The standard InChI is InChI=1S/C17H24N2O/c1-18-15(13-8-4-2-3-5-9-13)12-17-19-14-10-6-7-11-16(14)20-17/h6-7,10-11,13,15,18H,2-5,8-9,12H2,1H3. The van der Waals surface area contributed by atoms with Crippen molar-refractivity contribution in [1.29, 1.82) is 0 Å². The Morgan fingerprint density at radius 2 is 1.95 bits per heavy atom. The Morgan fingerprint density at radius 1 is 1.20 bits per heavy atom. The van der Waals surface area contributed by atoms with Crippen LogP contribution in [-0.2, 0) is 6.42 Å². The van der Waals surface area contributed by atoms with Gasteiger partial charge in [-0.3, -0.25) is 0 Å². The smallest absolute Gasteiger partial charge is 0.197 e. The van der Waals surface area contributed by atoms with Gasteiger partial charge in [0.05, 0.1) is 0 Å². The van der Waals surface area contributed by atoms with E-state index in [9.17, 15) is 0 Å². The first-order valence-electron chi connectivity index (χ1n) is 7.88. The van der Waals surface area contributed by atoms with Crippen LogP contribution in [0.2, 0.25) is 0 Å². The van der Waals surface area contributed by atoms with Crippen LogP contribution in [0.4, 0.5) is 0 Å². The summed E-state index contributed by atoms with van der Waals surface area (Å²) in [6.07, 6.45) is 9.12. The summed E-state index contributed by atoms with van der Waals surface area (Å²) in [5.41, 5.74) is 1.87. The number of fused-ring (bicyclic) bond motifs is 1. The molecule has 0 aliphatic heterocycles. The number of benzene rings is 1. The van der Waals surface area contributed by atoms with E-state index in [2.05, 4.69) is 17.3 Å². The van der Waals surface area contributed by atoms with Crippen molar-refractivity contribution in [3.05, 3.63) is 30.2 Å². The van der Waals surface area contributed by atoms with Crippen molar-refractivity contribution >= 4 is 11.1 Å². The second-order valence-corrected chi connectivity index (χ2v) is 5.93. The number of rotatable bonds is 4. The number of nitrogens with one attached hydrogen (secondary N) is 1. The van der Waals surface area contributed by atoms with Gasteiger partial charge >= 0.3 is 0 Å². The maximum Gasteiger partial charge on any atom is 0.197 e. The van der Waals surface area contributed by atoms with E-state index in [1.165, 1.54) is 38.5 Å². The molecule has 3 heteroatoms. The molecule has 108 valence electrons. The number of likely N-dealkylation sites (N-methyl/N-ethyl adjacent to an activating group) is 1. The summed E-state index contributed by atoms with van der Waals surface area (Å²) in [5.74, 6) is 1.63. The summed E-state index contributed by atoms with van der Waals surface area (Å²) in [5, 5.41) is 3.49. The van der Waals surface area contributed by atoms with Crippen molar-refractivity contribution < 1.29 is 4.42 Å². The lowest BCUT2D eigenvalue weighted by atomic mass is 9.90. The average molecular weight is 272 g/mol. The number of oxazole rings is 1. The lowest BCUT2D eigenvalue weighted by Gasteiger charge is -2.24. The minimum atomic E-state index is 0.487. The van der Waals surface area contributed by atoms with Crippen LogP contribution in [0.3, 0.4) is 0 Å². The molecule has 0 radical (unpaired) electrons. The Bertz CT molecular complexity index is 508. The molecule has 2 aromatic rings. The fraction of sp³-hybridized carbons (Fsp3) is 0.588. The zero-order valence-electron chi connectivity index (χ0n) is 12.3. The summed E-state index contributed by atoms with van der Waals surface area (Å²) in [4.78, 5) is 4.61. The maximum atomic E-state index is 5.87. The van der Waals surface area contributed by atoms with Gasteiger partial charge in [0.2, 0.25) is 0 Å². The van der Waals surface area contributed by atoms with E-state index in [1.54, 1.807) is 0 Å². The number of para-hydroxylation sites is 2. The van der Waals surface area contributed by atoms with E-state index < -0.39 is 0 Å². The summed E-state index contributed by atoms with van der Waals surface area (Å²) >= 11 is 0. The Balaban J connectivity index is 1.73. The summed E-state index contributed by atoms with van der Waals surface area (Å²) in [6.45, 7) is 0. The van der Waals surface area contributed by atoms with Gasteiger partial charge in [0, 0.05) is 12.5 Å². The molecular formula is C17H24N2O. The maximum absolute atomic E-state index is 5.87. The summed E-state index contributed by atoms with van der Waals surface area (Å²) < 4.78 is 5.87. The van der Waals surface area contributed by atoms with Crippen LogP contribution in [0.15, 0.2) is 28.7 Å². The third kappa shape index (κ3) is 3.04. The molecule has 1 aliphatic rings. The molecule has 1 fully saturated rings. The highest BCUT2D eigenvalue weighted by atomic mass is 16.3. The topological polar surface area (TPSA) is 38.1 Å². The third-order valence-corrected chi connectivity index (χ3v) is 4.57. The number of hydrogen-bond donors (Lipinski definition) is 1. The van der Waals surface area contributed by atoms with Crippen molar-refractivity contribution in [2.75, 3.05) is 7.05 Å². The SMILES string of the molecule is CNC(Cc1nc2ccccc2o1)C1CCCCCC1. The number of aromatic nitrogens is 1. The molecule has 1 atom stereocenters. The highest BCUT2D eigenvalue weighted by Gasteiger charge is 2.23. The van der Waals surface area contributed by atoms with Gasteiger partial charge in [-0.15, -0.1) is 0 Å². The van der Waals surface area contributed by atoms with Gasteiger partial charge in [-0.25, -0.2) is 4.98 Å². The molecule has 1 aliphatic carbocycles. The summed E-state index contributed by atoms with van der Waals surface area (Å²) in [6, 6.07) is 8.50. The van der Waals surface area contributed by atoms with E-state index in [0.717, 1.165) is 29.3 Å². The predicted octanol–water partition coefficient (Wildman–Crippen LogP) is 3.93. The largest absolute Gasteiger partial charge is 0.441 e. The molecule has 20 heavy (non-hydrogen) atoms. The highest BCUT2D eigenvalue weighted by Crippen LogP contribution is 2.27. The van der Waals surface area contributed by atoms with Crippen molar-refractivity contribution in [3.8, 4) is 0 Å². The van der Waals surface area contributed by atoms with E-state index in [1.807, 2.05) is 24.3 Å². The van der Waals surface area contributed by atoms with E-state index >= 15 is 0 Å². The molecule has 1 unspecified atom stereocenters. The second-order valence-electron chi connectivity index (χ2n) is 5.93. The quantitative estimate of drug-likeness (QED) is 0.857. The minimum Gasteiger partial charge on any atom is -0.441 e. The zero-order chi connectivity index (χ0) is 13.8. The zero-order valence-corrected chi connectivity index (χ0v) is 12.3. The lowest BCUT2D eigenvalue weighted by Crippen LogP contribution is -2.35. The normalized spacial score (nSPS) is 19.1. The molecule has 0 saturated heterocycles. The van der Waals surface area contributed by atoms with Gasteiger partial charge in [-0.2, -0.15) is 0 Å². The molecular weight excluding hydrogens is 248 g/mol. The Labute approximate surface area is 120 Å². The molecule has 1 heterocycles. The average Bonchev–Trinajstić information content (AvgIpc) is 2.69. The van der Waals surface area contributed by atoms with E-state index in [0.29, 0.717) is 6.04 Å². The number of nitrogens with zero attached hydrogens (tertiary/aromatic N) is 1. The molecule has 3 rings (SSSR count). The molecule has 1 N–H and O–H groups in total. The number of hydrogen-bond acceptors (Lipinski definition) is 3. The molecule has 0 spiro atoms. The molecule has 3 nitrogen and oxygen atoms in total. The lowest BCUT2D eigenvalue weighted by molar-refractivity contribution is 0.315. The van der Waals surface area contributed by atoms with Gasteiger partial charge in [0.1, 0.15) is 5.52 Å². The minimum absolute atomic E-state index is 0.487.